The van der Waals surface area contributed by atoms with Crippen molar-refractivity contribution in [3.8, 4) is 0 Å². The molecule has 2 bridgehead atoms. The van der Waals surface area contributed by atoms with Crippen LogP contribution in [0.15, 0.2) is 18.3 Å². The molecule has 2 aromatic rings. The van der Waals surface area contributed by atoms with Crippen LogP contribution >= 0.6 is 0 Å². The molecule has 2 fully saturated rings. The van der Waals surface area contributed by atoms with Crippen molar-refractivity contribution in [2.75, 3.05) is 31.6 Å². The van der Waals surface area contributed by atoms with E-state index in [9.17, 15) is 8.42 Å². The molecule has 4 heterocycles. The number of H-pyrrole nitrogens is 1. The number of hydrogen-bond acceptors (Lipinski definition) is 5. The van der Waals surface area contributed by atoms with Gasteiger partial charge in [0, 0.05) is 38.1 Å². The number of fused-ring (bicyclic) bond motifs is 3. The minimum atomic E-state index is -2.99. The number of aromatic amines is 1. The molecule has 7 heteroatoms. The number of pyridine rings is 1. The van der Waals surface area contributed by atoms with E-state index in [1.165, 1.54) is 11.8 Å². The second kappa shape index (κ2) is 6.87. The first-order chi connectivity index (χ1) is 12.8. The lowest BCUT2D eigenvalue weighted by Crippen LogP contribution is -2.66. The average molecular weight is 391 g/mol. The Morgan fingerprint density at radius 2 is 2.19 bits per heavy atom. The molecule has 2 aliphatic rings. The highest BCUT2D eigenvalue weighted by Gasteiger charge is 2.48. The Morgan fingerprint density at radius 3 is 2.93 bits per heavy atom. The van der Waals surface area contributed by atoms with Gasteiger partial charge in [0.05, 0.1) is 28.0 Å². The summed E-state index contributed by atoms with van der Waals surface area (Å²) in [5.41, 5.74) is 4.21. The Balaban J connectivity index is 1.78. The van der Waals surface area contributed by atoms with E-state index in [4.69, 9.17) is 4.98 Å². The SMILES string of the molecule is CC(C)c1c[nH]c2ccc(C34CCCC(CNC3)N4CCS(C)(=O)=O)nc12. The van der Waals surface area contributed by atoms with Crippen molar-refractivity contribution in [3.05, 3.63) is 29.6 Å². The van der Waals surface area contributed by atoms with Crippen molar-refractivity contribution in [1.82, 2.24) is 20.2 Å². The number of piperazine rings is 1. The van der Waals surface area contributed by atoms with Crippen molar-refractivity contribution in [3.63, 3.8) is 0 Å². The van der Waals surface area contributed by atoms with Crippen molar-refractivity contribution < 1.29 is 8.42 Å². The average Bonchev–Trinajstić information content (AvgIpc) is 3.02. The van der Waals surface area contributed by atoms with E-state index in [1.54, 1.807) is 0 Å². The monoisotopic (exact) mass is 390 g/mol. The van der Waals surface area contributed by atoms with Gasteiger partial charge in [-0.05, 0) is 42.9 Å². The Labute approximate surface area is 161 Å². The Kier molecular flexibility index (Phi) is 4.81. The lowest BCUT2D eigenvalue weighted by Gasteiger charge is -2.55. The van der Waals surface area contributed by atoms with Gasteiger partial charge in [-0.2, -0.15) is 0 Å². The summed E-state index contributed by atoms with van der Waals surface area (Å²) in [5, 5.41) is 3.59. The van der Waals surface area contributed by atoms with Crippen LogP contribution in [0, 0.1) is 0 Å². The molecule has 0 spiro atoms. The van der Waals surface area contributed by atoms with Gasteiger partial charge in [-0.1, -0.05) is 13.8 Å². The second-order valence-electron chi connectivity index (χ2n) is 8.52. The third kappa shape index (κ3) is 3.41. The molecule has 0 aliphatic carbocycles. The van der Waals surface area contributed by atoms with Gasteiger partial charge in [0.1, 0.15) is 9.84 Å². The summed E-state index contributed by atoms with van der Waals surface area (Å²) in [4.78, 5) is 10.9. The number of rotatable bonds is 5. The van der Waals surface area contributed by atoms with Crippen LogP contribution in [0.1, 0.15) is 50.3 Å². The van der Waals surface area contributed by atoms with Gasteiger partial charge >= 0.3 is 0 Å². The summed E-state index contributed by atoms with van der Waals surface area (Å²) in [5.74, 6) is 0.610. The molecule has 0 aromatic carbocycles. The van der Waals surface area contributed by atoms with E-state index in [0.29, 0.717) is 18.5 Å². The van der Waals surface area contributed by atoms with Gasteiger partial charge in [0.15, 0.2) is 0 Å². The summed E-state index contributed by atoms with van der Waals surface area (Å²) in [7, 11) is -2.99. The molecular weight excluding hydrogens is 360 g/mol. The van der Waals surface area contributed by atoms with E-state index >= 15 is 0 Å². The zero-order valence-electron chi connectivity index (χ0n) is 16.5. The molecule has 4 rings (SSSR count). The number of hydrogen-bond donors (Lipinski definition) is 2. The molecule has 2 N–H and O–H groups in total. The van der Waals surface area contributed by atoms with Crippen LogP contribution in [-0.2, 0) is 15.4 Å². The fraction of sp³-hybridized carbons (Fsp3) is 0.650. The van der Waals surface area contributed by atoms with Crippen LogP contribution in [0.5, 0.6) is 0 Å². The van der Waals surface area contributed by atoms with Crippen molar-refractivity contribution in [1.29, 1.82) is 0 Å². The highest BCUT2D eigenvalue weighted by molar-refractivity contribution is 7.90. The molecule has 2 aliphatic heterocycles. The van der Waals surface area contributed by atoms with Crippen LogP contribution in [0.2, 0.25) is 0 Å². The standard InChI is InChI=1S/C20H30N4O2S/c1-14(2)16-12-22-17-6-7-18(23-19(16)17)20-8-4-5-15(11-21-13-20)24(20)9-10-27(3,25)26/h6-7,12,14-15,21-22H,4-5,8-11,13H2,1-3H3. The van der Waals surface area contributed by atoms with Crippen molar-refractivity contribution >= 4 is 20.9 Å². The third-order valence-corrected chi connectivity index (χ3v) is 7.19. The molecule has 27 heavy (non-hydrogen) atoms. The first kappa shape index (κ1) is 18.9. The van der Waals surface area contributed by atoms with E-state index in [0.717, 1.165) is 49.1 Å². The quantitative estimate of drug-likeness (QED) is 0.820. The Bertz CT molecular complexity index is 925. The van der Waals surface area contributed by atoms with Gasteiger partial charge in [-0.15, -0.1) is 0 Å². The highest BCUT2D eigenvalue weighted by Crippen LogP contribution is 2.42. The minimum Gasteiger partial charge on any atom is -0.360 e. The summed E-state index contributed by atoms with van der Waals surface area (Å²) in [6.45, 7) is 6.70. The molecule has 2 unspecified atom stereocenters. The third-order valence-electron chi connectivity index (χ3n) is 6.27. The molecule has 148 valence electrons. The highest BCUT2D eigenvalue weighted by atomic mass is 32.2. The van der Waals surface area contributed by atoms with Gasteiger partial charge in [0.25, 0.3) is 0 Å². The zero-order valence-corrected chi connectivity index (χ0v) is 17.3. The first-order valence-electron chi connectivity index (χ1n) is 9.94. The second-order valence-corrected chi connectivity index (χ2v) is 10.8. The van der Waals surface area contributed by atoms with Crippen LogP contribution in [-0.4, -0.2) is 61.0 Å². The van der Waals surface area contributed by atoms with Crippen LogP contribution < -0.4 is 5.32 Å². The Hall–Kier alpha value is -1.44. The first-order valence-corrected chi connectivity index (χ1v) is 12.0. The molecule has 2 saturated heterocycles. The lowest BCUT2D eigenvalue weighted by molar-refractivity contribution is -0.0287. The number of piperidine rings is 1. The van der Waals surface area contributed by atoms with Gasteiger partial charge in [0.2, 0.25) is 0 Å². The predicted octanol–water partition coefficient (Wildman–Crippen LogP) is 2.38. The number of sulfone groups is 1. The van der Waals surface area contributed by atoms with Crippen LogP contribution in [0.4, 0.5) is 0 Å². The van der Waals surface area contributed by atoms with E-state index in [-0.39, 0.29) is 11.3 Å². The molecular formula is C20H30N4O2S. The maximum absolute atomic E-state index is 11.8. The van der Waals surface area contributed by atoms with E-state index in [1.807, 2.05) is 0 Å². The van der Waals surface area contributed by atoms with E-state index < -0.39 is 9.84 Å². The fourth-order valence-corrected chi connectivity index (χ4v) is 5.40. The lowest BCUT2D eigenvalue weighted by atomic mass is 9.78. The smallest absolute Gasteiger partial charge is 0.148 e. The summed E-state index contributed by atoms with van der Waals surface area (Å²) in [6, 6.07) is 4.64. The number of aromatic nitrogens is 2. The van der Waals surface area contributed by atoms with Crippen LogP contribution in [0.25, 0.3) is 11.0 Å². The van der Waals surface area contributed by atoms with Gasteiger partial charge < -0.3 is 10.3 Å². The summed E-state index contributed by atoms with van der Waals surface area (Å²) in [6.07, 6.45) is 6.68. The largest absolute Gasteiger partial charge is 0.360 e. The summed E-state index contributed by atoms with van der Waals surface area (Å²) >= 11 is 0. The van der Waals surface area contributed by atoms with Crippen molar-refractivity contribution in [2.45, 2.75) is 50.6 Å². The normalized spacial score (nSPS) is 26.7. The number of nitrogens with one attached hydrogen (secondary N) is 2. The maximum Gasteiger partial charge on any atom is 0.148 e. The van der Waals surface area contributed by atoms with Gasteiger partial charge in [-0.25, -0.2) is 13.4 Å². The van der Waals surface area contributed by atoms with Crippen molar-refractivity contribution in [2.24, 2.45) is 0 Å². The fourth-order valence-electron chi connectivity index (χ4n) is 4.87. The molecule has 0 radical (unpaired) electrons. The molecule has 0 saturated carbocycles. The zero-order chi connectivity index (χ0) is 19.2. The van der Waals surface area contributed by atoms with E-state index in [2.05, 4.69) is 47.4 Å². The maximum atomic E-state index is 11.8. The molecule has 2 aromatic heterocycles. The molecule has 0 amide bonds. The predicted molar refractivity (Wildman–Crippen MR) is 109 cm³/mol. The number of nitrogens with zero attached hydrogens (tertiary/aromatic N) is 2. The van der Waals surface area contributed by atoms with Crippen LogP contribution in [0.3, 0.4) is 0 Å². The minimum absolute atomic E-state index is 0.203. The Morgan fingerprint density at radius 1 is 1.37 bits per heavy atom. The molecule has 6 nitrogen and oxygen atoms in total. The topological polar surface area (TPSA) is 78.1 Å². The van der Waals surface area contributed by atoms with Gasteiger partial charge in [-0.3, -0.25) is 4.90 Å². The summed E-state index contributed by atoms with van der Waals surface area (Å²) < 4.78 is 23.7. The molecule has 2 atom stereocenters.